The number of benzene rings is 2. The van der Waals surface area contributed by atoms with Crippen LogP contribution in [0.25, 0.3) is 11.6 Å². The van der Waals surface area contributed by atoms with Gasteiger partial charge in [0.25, 0.3) is 5.91 Å². The minimum atomic E-state index is 0.0891. The highest BCUT2D eigenvalue weighted by Gasteiger charge is 2.32. The molecule has 1 heterocycles. The maximum atomic E-state index is 13.2. The molecule has 2 aromatic carbocycles. The SMILES string of the molecule is COc1cc(C)c(/C=C2\C(=O)N(CC(C)C)c3ccccc32)cc1C(C)C. The fourth-order valence-corrected chi connectivity index (χ4v) is 3.65. The zero-order chi connectivity index (χ0) is 19.7. The van der Waals surface area contributed by atoms with Gasteiger partial charge in [0.15, 0.2) is 0 Å². The Bertz CT molecular complexity index is 893. The Morgan fingerprint density at radius 2 is 1.81 bits per heavy atom. The van der Waals surface area contributed by atoms with Gasteiger partial charge >= 0.3 is 0 Å². The first-order valence-corrected chi connectivity index (χ1v) is 9.65. The van der Waals surface area contributed by atoms with Gasteiger partial charge in [0.1, 0.15) is 5.75 Å². The number of ether oxygens (including phenoxy) is 1. The van der Waals surface area contributed by atoms with Gasteiger partial charge in [-0.3, -0.25) is 4.79 Å². The van der Waals surface area contributed by atoms with Gasteiger partial charge in [0.2, 0.25) is 0 Å². The summed E-state index contributed by atoms with van der Waals surface area (Å²) in [5, 5.41) is 0. The van der Waals surface area contributed by atoms with Gasteiger partial charge < -0.3 is 9.64 Å². The Morgan fingerprint density at radius 3 is 2.44 bits per heavy atom. The number of hydrogen-bond acceptors (Lipinski definition) is 2. The average Bonchev–Trinajstić information content (AvgIpc) is 2.88. The smallest absolute Gasteiger partial charge is 0.259 e. The van der Waals surface area contributed by atoms with Crippen molar-refractivity contribution in [3.05, 3.63) is 58.7 Å². The van der Waals surface area contributed by atoms with Crippen LogP contribution in [0.4, 0.5) is 5.69 Å². The molecule has 142 valence electrons. The number of aryl methyl sites for hydroxylation is 1. The Hall–Kier alpha value is -2.55. The summed E-state index contributed by atoms with van der Waals surface area (Å²) < 4.78 is 5.55. The fourth-order valence-electron chi connectivity index (χ4n) is 3.65. The van der Waals surface area contributed by atoms with Crippen molar-refractivity contribution in [1.29, 1.82) is 0 Å². The van der Waals surface area contributed by atoms with Crippen molar-refractivity contribution in [3.63, 3.8) is 0 Å². The lowest BCUT2D eigenvalue weighted by molar-refractivity contribution is -0.113. The summed E-state index contributed by atoms with van der Waals surface area (Å²) in [6.45, 7) is 11.4. The number of anilines is 1. The molecule has 0 radical (unpaired) electrons. The van der Waals surface area contributed by atoms with Crippen LogP contribution < -0.4 is 9.64 Å². The number of carbonyl (C=O) groups is 1. The van der Waals surface area contributed by atoms with Crippen molar-refractivity contribution in [3.8, 4) is 5.75 Å². The van der Waals surface area contributed by atoms with E-state index in [1.54, 1.807) is 7.11 Å². The summed E-state index contributed by atoms with van der Waals surface area (Å²) in [6, 6.07) is 12.3. The quantitative estimate of drug-likeness (QED) is 0.641. The highest BCUT2D eigenvalue weighted by atomic mass is 16.5. The Balaban J connectivity index is 2.12. The number of rotatable bonds is 5. The van der Waals surface area contributed by atoms with Gasteiger partial charge in [0.05, 0.1) is 12.8 Å². The first kappa shape index (κ1) is 19.2. The normalized spacial score (nSPS) is 15.2. The Labute approximate surface area is 162 Å². The number of nitrogens with zero attached hydrogens (tertiary/aromatic N) is 1. The predicted octanol–water partition coefficient (Wildman–Crippen LogP) is 5.67. The second-order valence-corrected chi connectivity index (χ2v) is 7.99. The number of carbonyl (C=O) groups excluding carboxylic acids is 1. The van der Waals surface area contributed by atoms with Gasteiger partial charge in [-0.05, 0) is 59.7 Å². The highest BCUT2D eigenvalue weighted by Crippen LogP contribution is 2.39. The van der Waals surface area contributed by atoms with Gasteiger partial charge in [-0.25, -0.2) is 0 Å². The molecule has 0 spiro atoms. The molecule has 3 rings (SSSR count). The van der Waals surface area contributed by atoms with Crippen LogP contribution in [0.5, 0.6) is 5.75 Å². The molecule has 0 fully saturated rings. The lowest BCUT2D eigenvalue weighted by atomic mass is 9.94. The van der Waals surface area contributed by atoms with Crippen LogP contribution in [0, 0.1) is 12.8 Å². The molecule has 0 aliphatic carbocycles. The zero-order valence-electron chi connectivity index (χ0n) is 17.2. The van der Waals surface area contributed by atoms with E-state index >= 15 is 0 Å². The Kier molecular flexibility index (Phi) is 5.41. The number of methoxy groups -OCH3 is 1. The summed E-state index contributed by atoms with van der Waals surface area (Å²) >= 11 is 0. The summed E-state index contributed by atoms with van der Waals surface area (Å²) in [5.74, 6) is 1.76. The molecule has 0 N–H and O–H groups in total. The average molecular weight is 364 g/mol. The van der Waals surface area contributed by atoms with E-state index in [2.05, 4.69) is 46.8 Å². The van der Waals surface area contributed by atoms with Gasteiger partial charge in [0, 0.05) is 17.7 Å². The van der Waals surface area contributed by atoms with E-state index in [-0.39, 0.29) is 5.91 Å². The van der Waals surface area contributed by atoms with Crippen LogP contribution in [-0.2, 0) is 4.79 Å². The molecule has 27 heavy (non-hydrogen) atoms. The van der Waals surface area contributed by atoms with Crippen LogP contribution in [-0.4, -0.2) is 19.6 Å². The van der Waals surface area contributed by atoms with E-state index in [1.807, 2.05) is 35.2 Å². The van der Waals surface area contributed by atoms with E-state index in [0.29, 0.717) is 11.8 Å². The molecule has 0 saturated heterocycles. The second kappa shape index (κ2) is 7.59. The molecular formula is C24H29NO2. The lowest BCUT2D eigenvalue weighted by Crippen LogP contribution is -2.30. The van der Waals surface area contributed by atoms with E-state index in [0.717, 1.165) is 45.8 Å². The molecule has 1 amide bonds. The van der Waals surface area contributed by atoms with E-state index < -0.39 is 0 Å². The number of fused-ring (bicyclic) bond motifs is 1. The molecule has 1 aliphatic heterocycles. The van der Waals surface area contributed by atoms with Crippen molar-refractivity contribution in [2.75, 3.05) is 18.6 Å². The fraction of sp³-hybridized carbons (Fsp3) is 0.375. The maximum Gasteiger partial charge on any atom is 0.259 e. The minimum absolute atomic E-state index is 0.0891. The van der Waals surface area contributed by atoms with Crippen LogP contribution in [0.15, 0.2) is 36.4 Å². The number of amides is 1. The van der Waals surface area contributed by atoms with Gasteiger partial charge in [-0.15, -0.1) is 0 Å². The first-order valence-electron chi connectivity index (χ1n) is 9.65. The molecule has 2 aromatic rings. The minimum Gasteiger partial charge on any atom is -0.496 e. The van der Waals surface area contributed by atoms with Crippen LogP contribution in [0.3, 0.4) is 0 Å². The van der Waals surface area contributed by atoms with Crippen LogP contribution in [0.1, 0.15) is 55.9 Å². The molecule has 3 heteroatoms. The van der Waals surface area contributed by atoms with Gasteiger partial charge in [-0.2, -0.15) is 0 Å². The van der Waals surface area contributed by atoms with Crippen LogP contribution >= 0.6 is 0 Å². The zero-order valence-corrected chi connectivity index (χ0v) is 17.2. The molecule has 1 aliphatic rings. The molecule has 0 bridgehead atoms. The predicted molar refractivity (Wildman–Crippen MR) is 113 cm³/mol. The van der Waals surface area contributed by atoms with E-state index in [9.17, 15) is 4.79 Å². The summed E-state index contributed by atoms with van der Waals surface area (Å²) in [6.07, 6.45) is 2.04. The topological polar surface area (TPSA) is 29.5 Å². The third-order valence-electron chi connectivity index (χ3n) is 5.05. The maximum absolute atomic E-state index is 13.2. The molecule has 3 nitrogen and oxygen atoms in total. The summed E-state index contributed by atoms with van der Waals surface area (Å²) in [4.78, 5) is 15.1. The molecule has 0 aromatic heterocycles. The Morgan fingerprint density at radius 1 is 1.11 bits per heavy atom. The summed E-state index contributed by atoms with van der Waals surface area (Å²) in [5.41, 5.74) is 6.14. The highest BCUT2D eigenvalue weighted by molar-refractivity contribution is 6.35. The van der Waals surface area contributed by atoms with Gasteiger partial charge in [-0.1, -0.05) is 45.9 Å². The van der Waals surface area contributed by atoms with Crippen molar-refractivity contribution in [1.82, 2.24) is 0 Å². The van der Waals surface area contributed by atoms with Crippen molar-refractivity contribution in [2.45, 2.75) is 40.5 Å². The number of hydrogen-bond donors (Lipinski definition) is 0. The third-order valence-corrected chi connectivity index (χ3v) is 5.05. The monoisotopic (exact) mass is 363 g/mol. The van der Waals surface area contributed by atoms with E-state index in [4.69, 9.17) is 4.74 Å². The second-order valence-electron chi connectivity index (χ2n) is 7.99. The standard InChI is InChI=1S/C24H29NO2/c1-15(2)14-25-22-10-8-7-9-19(22)21(24(25)26)13-18-12-20(16(3)4)23(27-6)11-17(18)5/h7-13,15-16H,14H2,1-6H3/b21-13-. The number of para-hydroxylation sites is 1. The van der Waals surface area contributed by atoms with Crippen LogP contribution in [0.2, 0.25) is 0 Å². The van der Waals surface area contributed by atoms with Crippen molar-refractivity contribution >= 4 is 23.2 Å². The molecule has 0 unspecified atom stereocenters. The van der Waals surface area contributed by atoms with Crippen molar-refractivity contribution in [2.24, 2.45) is 5.92 Å². The molecular weight excluding hydrogens is 334 g/mol. The summed E-state index contributed by atoms with van der Waals surface area (Å²) in [7, 11) is 1.71. The first-order chi connectivity index (χ1) is 12.8. The van der Waals surface area contributed by atoms with Crippen molar-refractivity contribution < 1.29 is 9.53 Å². The molecule has 0 saturated carbocycles. The molecule has 0 atom stereocenters. The van der Waals surface area contributed by atoms with E-state index in [1.165, 1.54) is 0 Å². The lowest BCUT2D eigenvalue weighted by Gasteiger charge is -2.19. The third kappa shape index (κ3) is 3.64. The largest absolute Gasteiger partial charge is 0.496 e.